The third-order valence-corrected chi connectivity index (χ3v) is 3.91. The van der Waals surface area contributed by atoms with Crippen molar-refractivity contribution in [1.29, 1.82) is 0 Å². The van der Waals surface area contributed by atoms with E-state index in [0.717, 1.165) is 12.1 Å². The molecule has 0 spiro atoms. The predicted octanol–water partition coefficient (Wildman–Crippen LogP) is 2.01. The molecule has 1 fully saturated rings. The number of carbonyl (C=O) groups excluding carboxylic acids is 1. The van der Waals surface area contributed by atoms with Gasteiger partial charge in [-0.05, 0) is 30.7 Å². The minimum atomic E-state index is -0.0524. The van der Waals surface area contributed by atoms with Crippen molar-refractivity contribution in [2.75, 3.05) is 25.5 Å². The summed E-state index contributed by atoms with van der Waals surface area (Å²) in [7, 11) is 1.61. The summed E-state index contributed by atoms with van der Waals surface area (Å²) in [6, 6.07) is 11.1. The Morgan fingerprint density at radius 1 is 1.35 bits per heavy atom. The summed E-state index contributed by atoms with van der Waals surface area (Å²) in [5.41, 5.74) is 7.20. The summed E-state index contributed by atoms with van der Waals surface area (Å²) in [6.45, 7) is 1.27. The van der Waals surface area contributed by atoms with Gasteiger partial charge in [-0.15, -0.1) is 0 Å². The van der Waals surface area contributed by atoms with Crippen LogP contribution in [0.2, 0.25) is 0 Å². The van der Waals surface area contributed by atoms with Crippen LogP contribution in [-0.4, -0.2) is 42.0 Å². The normalized spacial score (nSPS) is 17.1. The van der Waals surface area contributed by atoms with Crippen LogP contribution in [0.1, 0.15) is 16.8 Å². The molecule has 3 N–H and O–H groups in total. The second-order valence-electron chi connectivity index (χ2n) is 5.52. The molecule has 1 aliphatic rings. The quantitative estimate of drug-likeness (QED) is 0.902. The van der Waals surface area contributed by atoms with Crippen LogP contribution in [0, 0.1) is 0 Å². The SMILES string of the molecule is COc1ccccc1Nc1ncccc1C(=O)N1CC[C@@H](N)C1. The summed E-state index contributed by atoms with van der Waals surface area (Å²) < 4.78 is 5.33. The molecule has 2 aromatic rings. The highest BCUT2D eigenvalue weighted by Crippen LogP contribution is 2.28. The zero-order valence-corrected chi connectivity index (χ0v) is 13.0. The van der Waals surface area contributed by atoms with Crippen LogP contribution in [-0.2, 0) is 0 Å². The van der Waals surface area contributed by atoms with Crippen LogP contribution in [0.4, 0.5) is 11.5 Å². The van der Waals surface area contributed by atoms with Crippen LogP contribution in [0.3, 0.4) is 0 Å². The van der Waals surface area contributed by atoms with Crippen molar-refractivity contribution in [1.82, 2.24) is 9.88 Å². The Morgan fingerprint density at radius 3 is 2.91 bits per heavy atom. The molecule has 6 nitrogen and oxygen atoms in total. The van der Waals surface area contributed by atoms with Gasteiger partial charge in [0.2, 0.25) is 0 Å². The number of rotatable bonds is 4. The first kappa shape index (κ1) is 15.3. The van der Waals surface area contributed by atoms with E-state index in [1.165, 1.54) is 0 Å². The third kappa shape index (κ3) is 3.27. The minimum Gasteiger partial charge on any atom is -0.495 e. The molecule has 0 saturated carbocycles. The van der Waals surface area contributed by atoms with Gasteiger partial charge in [0.05, 0.1) is 18.4 Å². The fraction of sp³-hybridized carbons (Fsp3) is 0.294. The fourth-order valence-corrected chi connectivity index (χ4v) is 2.70. The van der Waals surface area contributed by atoms with Gasteiger partial charge in [0, 0.05) is 25.3 Å². The van der Waals surface area contributed by atoms with Gasteiger partial charge < -0.3 is 20.7 Å². The van der Waals surface area contributed by atoms with Crippen LogP contribution >= 0.6 is 0 Å². The molecule has 120 valence electrons. The Labute approximate surface area is 135 Å². The van der Waals surface area contributed by atoms with Crippen molar-refractivity contribution in [2.24, 2.45) is 5.73 Å². The Morgan fingerprint density at radius 2 is 2.17 bits per heavy atom. The van der Waals surface area contributed by atoms with Gasteiger partial charge in [0.15, 0.2) is 0 Å². The highest BCUT2D eigenvalue weighted by molar-refractivity contribution is 5.99. The van der Waals surface area contributed by atoms with Gasteiger partial charge in [0.1, 0.15) is 11.6 Å². The number of methoxy groups -OCH3 is 1. The van der Waals surface area contributed by atoms with Crippen molar-refractivity contribution in [3.05, 3.63) is 48.2 Å². The zero-order chi connectivity index (χ0) is 16.2. The zero-order valence-electron chi connectivity index (χ0n) is 13.0. The highest BCUT2D eigenvalue weighted by atomic mass is 16.5. The lowest BCUT2D eigenvalue weighted by Gasteiger charge is -2.18. The largest absolute Gasteiger partial charge is 0.495 e. The van der Waals surface area contributed by atoms with Crippen molar-refractivity contribution in [3.8, 4) is 5.75 Å². The number of pyridine rings is 1. The smallest absolute Gasteiger partial charge is 0.257 e. The molecular weight excluding hydrogens is 292 g/mol. The maximum Gasteiger partial charge on any atom is 0.257 e. The maximum atomic E-state index is 12.7. The van der Waals surface area contributed by atoms with E-state index in [9.17, 15) is 4.79 Å². The van der Waals surface area contributed by atoms with E-state index in [1.807, 2.05) is 24.3 Å². The molecule has 1 amide bonds. The van der Waals surface area contributed by atoms with Gasteiger partial charge in [-0.2, -0.15) is 0 Å². The number of benzene rings is 1. The van der Waals surface area contributed by atoms with Crippen LogP contribution < -0.4 is 15.8 Å². The average molecular weight is 312 g/mol. The van der Waals surface area contributed by atoms with E-state index >= 15 is 0 Å². The summed E-state index contributed by atoms with van der Waals surface area (Å²) in [5, 5.41) is 3.19. The van der Waals surface area contributed by atoms with Crippen molar-refractivity contribution < 1.29 is 9.53 Å². The van der Waals surface area contributed by atoms with E-state index in [1.54, 1.807) is 30.3 Å². The number of hydrogen-bond acceptors (Lipinski definition) is 5. The molecule has 0 radical (unpaired) electrons. The first-order valence-electron chi connectivity index (χ1n) is 7.59. The number of para-hydroxylation sites is 2. The number of nitrogens with zero attached hydrogens (tertiary/aromatic N) is 2. The van der Waals surface area contributed by atoms with Crippen LogP contribution in [0.15, 0.2) is 42.6 Å². The molecule has 1 atom stereocenters. The van der Waals surface area contributed by atoms with E-state index in [4.69, 9.17) is 10.5 Å². The van der Waals surface area contributed by atoms with Gasteiger partial charge in [-0.1, -0.05) is 12.1 Å². The number of nitrogens with two attached hydrogens (primary N) is 1. The molecule has 23 heavy (non-hydrogen) atoms. The Hall–Kier alpha value is -2.60. The number of likely N-dealkylation sites (tertiary alicyclic amines) is 1. The van der Waals surface area contributed by atoms with E-state index in [-0.39, 0.29) is 11.9 Å². The number of ether oxygens (including phenoxy) is 1. The van der Waals surface area contributed by atoms with Crippen LogP contribution in [0.25, 0.3) is 0 Å². The molecule has 6 heteroatoms. The van der Waals surface area contributed by atoms with Gasteiger partial charge in [-0.3, -0.25) is 4.79 Å². The molecule has 3 rings (SSSR count). The maximum absolute atomic E-state index is 12.7. The number of carbonyl (C=O) groups is 1. The topological polar surface area (TPSA) is 80.5 Å². The van der Waals surface area contributed by atoms with Crippen LogP contribution in [0.5, 0.6) is 5.75 Å². The highest BCUT2D eigenvalue weighted by Gasteiger charge is 2.26. The van der Waals surface area contributed by atoms with E-state index in [2.05, 4.69) is 10.3 Å². The summed E-state index contributed by atoms with van der Waals surface area (Å²) in [5.74, 6) is 1.16. The lowest BCUT2D eigenvalue weighted by atomic mass is 10.2. The van der Waals surface area contributed by atoms with Crippen molar-refractivity contribution in [2.45, 2.75) is 12.5 Å². The summed E-state index contributed by atoms with van der Waals surface area (Å²) in [4.78, 5) is 18.8. The second-order valence-corrected chi connectivity index (χ2v) is 5.52. The lowest BCUT2D eigenvalue weighted by molar-refractivity contribution is 0.0791. The van der Waals surface area contributed by atoms with E-state index in [0.29, 0.717) is 30.2 Å². The van der Waals surface area contributed by atoms with Crippen molar-refractivity contribution in [3.63, 3.8) is 0 Å². The molecule has 1 aliphatic heterocycles. The number of anilines is 2. The lowest BCUT2D eigenvalue weighted by Crippen LogP contribution is -2.32. The average Bonchev–Trinajstić information content (AvgIpc) is 3.02. The number of amides is 1. The van der Waals surface area contributed by atoms with E-state index < -0.39 is 0 Å². The molecule has 1 aromatic carbocycles. The first-order chi connectivity index (χ1) is 11.2. The second kappa shape index (κ2) is 6.66. The summed E-state index contributed by atoms with van der Waals surface area (Å²) >= 11 is 0. The number of nitrogens with one attached hydrogen (secondary N) is 1. The molecule has 0 unspecified atom stereocenters. The fourth-order valence-electron chi connectivity index (χ4n) is 2.70. The summed E-state index contributed by atoms with van der Waals surface area (Å²) in [6.07, 6.45) is 2.49. The third-order valence-electron chi connectivity index (χ3n) is 3.91. The standard InChI is InChI=1S/C17H20N4O2/c1-23-15-7-3-2-6-14(15)20-16-13(5-4-9-19-16)17(22)21-10-8-12(18)11-21/h2-7,9,12H,8,10-11,18H2,1H3,(H,19,20)/t12-/m1/s1. The van der Waals surface area contributed by atoms with Gasteiger partial charge in [-0.25, -0.2) is 4.98 Å². The monoisotopic (exact) mass is 312 g/mol. The molecular formula is C17H20N4O2. The van der Waals surface area contributed by atoms with Crippen molar-refractivity contribution >= 4 is 17.4 Å². The molecule has 2 heterocycles. The Bertz CT molecular complexity index is 704. The number of aromatic nitrogens is 1. The molecule has 1 aromatic heterocycles. The Kier molecular flexibility index (Phi) is 4.43. The predicted molar refractivity (Wildman–Crippen MR) is 89.0 cm³/mol. The van der Waals surface area contributed by atoms with Gasteiger partial charge >= 0.3 is 0 Å². The molecule has 0 aliphatic carbocycles. The molecule has 0 bridgehead atoms. The molecule has 1 saturated heterocycles. The van der Waals surface area contributed by atoms with Gasteiger partial charge in [0.25, 0.3) is 5.91 Å². The first-order valence-corrected chi connectivity index (χ1v) is 7.59. The minimum absolute atomic E-state index is 0.0524. The Balaban J connectivity index is 1.87. The number of hydrogen-bond donors (Lipinski definition) is 2.